The van der Waals surface area contributed by atoms with E-state index in [0.717, 1.165) is 43.1 Å². The average molecular weight is 286 g/mol. The minimum Gasteiger partial charge on any atom is -0.396 e. The molecule has 1 aliphatic rings. The fraction of sp³-hybridized carbons (Fsp3) is 0.471. The molecule has 0 aliphatic carbocycles. The van der Waals surface area contributed by atoms with Gasteiger partial charge in [0.1, 0.15) is 0 Å². The van der Waals surface area contributed by atoms with E-state index in [1.165, 1.54) is 12.8 Å². The molecule has 1 atom stereocenters. The van der Waals surface area contributed by atoms with Crippen molar-refractivity contribution in [1.82, 2.24) is 10.1 Å². The monoisotopic (exact) mass is 286 g/mol. The number of hydrogen-bond acceptors (Lipinski definition) is 4. The molecule has 1 N–H and O–H groups in total. The number of likely N-dealkylation sites (tertiary alicyclic amines) is 1. The Labute approximate surface area is 125 Å². The zero-order valence-electron chi connectivity index (χ0n) is 12.2. The highest BCUT2D eigenvalue weighted by Crippen LogP contribution is 2.23. The van der Waals surface area contributed by atoms with E-state index in [2.05, 4.69) is 10.1 Å². The SMILES string of the molecule is OCCC1CCCN(Cc2cc(-c3ccccc3)on2)C1. The van der Waals surface area contributed by atoms with Crippen molar-refractivity contribution in [2.24, 2.45) is 5.92 Å². The number of rotatable bonds is 5. The van der Waals surface area contributed by atoms with Crippen molar-refractivity contribution >= 4 is 0 Å². The van der Waals surface area contributed by atoms with E-state index < -0.39 is 0 Å². The van der Waals surface area contributed by atoms with Gasteiger partial charge in [0.15, 0.2) is 5.76 Å². The number of nitrogens with zero attached hydrogens (tertiary/aromatic N) is 2. The van der Waals surface area contributed by atoms with E-state index in [1.807, 2.05) is 36.4 Å². The number of aromatic nitrogens is 1. The maximum atomic E-state index is 9.08. The molecule has 0 amide bonds. The van der Waals surface area contributed by atoms with Crippen molar-refractivity contribution in [3.05, 3.63) is 42.1 Å². The van der Waals surface area contributed by atoms with Gasteiger partial charge in [0.25, 0.3) is 0 Å². The molecule has 1 saturated heterocycles. The number of aliphatic hydroxyl groups excluding tert-OH is 1. The Morgan fingerprint density at radius 3 is 2.95 bits per heavy atom. The Balaban J connectivity index is 1.62. The van der Waals surface area contributed by atoms with Gasteiger partial charge in [0, 0.05) is 31.3 Å². The molecule has 4 nitrogen and oxygen atoms in total. The van der Waals surface area contributed by atoms with E-state index >= 15 is 0 Å². The Bertz CT molecular complexity index is 551. The maximum absolute atomic E-state index is 9.08. The molecule has 1 aromatic carbocycles. The van der Waals surface area contributed by atoms with Gasteiger partial charge in [-0.2, -0.15) is 0 Å². The summed E-state index contributed by atoms with van der Waals surface area (Å²) in [7, 11) is 0. The highest BCUT2D eigenvalue weighted by molar-refractivity contribution is 5.56. The van der Waals surface area contributed by atoms with Crippen LogP contribution in [0.4, 0.5) is 0 Å². The van der Waals surface area contributed by atoms with Gasteiger partial charge >= 0.3 is 0 Å². The number of benzene rings is 1. The van der Waals surface area contributed by atoms with Gasteiger partial charge < -0.3 is 9.63 Å². The summed E-state index contributed by atoms with van der Waals surface area (Å²) in [6, 6.07) is 12.1. The number of piperidine rings is 1. The highest BCUT2D eigenvalue weighted by atomic mass is 16.5. The van der Waals surface area contributed by atoms with E-state index in [1.54, 1.807) is 0 Å². The fourth-order valence-electron chi connectivity index (χ4n) is 3.07. The van der Waals surface area contributed by atoms with Crippen LogP contribution < -0.4 is 0 Å². The molecule has 1 aliphatic heterocycles. The van der Waals surface area contributed by atoms with Crippen molar-refractivity contribution in [1.29, 1.82) is 0 Å². The molecule has 0 bridgehead atoms. The van der Waals surface area contributed by atoms with Crippen LogP contribution in [0.2, 0.25) is 0 Å². The van der Waals surface area contributed by atoms with E-state index in [4.69, 9.17) is 9.63 Å². The van der Waals surface area contributed by atoms with Crippen molar-refractivity contribution < 1.29 is 9.63 Å². The van der Waals surface area contributed by atoms with Crippen LogP contribution in [0.1, 0.15) is 25.0 Å². The van der Waals surface area contributed by atoms with E-state index in [0.29, 0.717) is 12.5 Å². The van der Waals surface area contributed by atoms with Crippen LogP contribution in [0.3, 0.4) is 0 Å². The summed E-state index contributed by atoms with van der Waals surface area (Å²) in [5.74, 6) is 1.44. The smallest absolute Gasteiger partial charge is 0.167 e. The molecule has 2 heterocycles. The normalized spacial score (nSPS) is 19.8. The number of aliphatic hydroxyl groups is 1. The third-order valence-electron chi connectivity index (χ3n) is 4.14. The second kappa shape index (κ2) is 6.87. The Morgan fingerprint density at radius 1 is 1.29 bits per heavy atom. The second-order valence-electron chi connectivity index (χ2n) is 5.80. The average Bonchev–Trinajstić information content (AvgIpc) is 2.97. The van der Waals surface area contributed by atoms with Crippen LogP contribution >= 0.6 is 0 Å². The fourth-order valence-corrected chi connectivity index (χ4v) is 3.07. The molecule has 1 aromatic heterocycles. The molecule has 1 unspecified atom stereocenters. The Morgan fingerprint density at radius 2 is 2.14 bits per heavy atom. The van der Waals surface area contributed by atoms with E-state index in [-0.39, 0.29) is 0 Å². The lowest BCUT2D eigenvalue weighted by Crippen LogP contribution is -2.35. The van der Waals surface area contributed by atoms with Crippen LogP contribution in [0.5, 0.6) is 0 Å². The second-order valence-corrected chi connectivity index (χ2v) is 5.80. The van der Waals surface area contributed by atoms with Crippen molar-refractivity contribution in [3.63, 3.8) is 0 Å². The zero-order valence-corrected chi connectivity index (χ0v) is 12.2. The summed E-state index contributed by atoms with van der Waals surface area (Å²) < 4.78 is 5.45. The van der Waals surface area contributed by atoms with Gasteiger partial charge in [0.2, 0.25) is 0 Å². The van der Waals surface area contributed by atoms with Crippen LogP contribution in [-0.2, 0) is 6.54 Å². The number of hydrogen-bond donors (Lipinski definition) is 1. The quantitative estimate of drug-likeness (QED) is 0.918. The van der Waals surface area contributed by atoms with Crippen molar-refractivity contribution in [3.8, 4) is 11.3 Å². The van der Waals surface area contributed by atoms with Gasteiger partial charge in [-0.25, -0.2) is 0 Å². The summed E-state index contributed by atoms with van der Waals surface area (Å²) >= 11 is 0. The minimum absolute atomic E-state index is 0.292. The Hall–Kier alpha value is -1.65. The molecule has 3 rings (SSSR count). The first-order valence-corrected chi connectivity index (χ1v) is 7.69. The summed E-state index contributed by atoms with van der Waals surface area (Å²) in [6.07, 6.45) is 3.34. The molecule has 0 spiro atoms. The Kier molecular flexibility index (Phi) is 4.68. The highest BCUT2D eigenvalue weighted by Gasteiger charge is 2.20. The molecule has 21 heavy (non-hydrogen) atoms. The van der Waals surface area contributed by atoms with Gasteiger partial charge in [0.05, 0.1) is 5.69 Å². The van der Waals surface area contributed by atoms with Crippen LogP contribution in [0.15, 0.2) is 40.9 Å². The molecular formula is C17H22N2O2. The first kappa shape index (κ1) is 14.3. The summed E-state index contributed by atoms with van der Waals surface area (Å²) in [4.78, 5) is 2.41. The predicted octanol–water partition coefficient (Wildman–Crippen LogP) is 2.94. The molecule has 4 heteroatoms. The van der Waals surface area contributed by atoms with Gasteiger partial charge in [-0.1, -0.05) is 35.5 Å². The summed E-state index contributed by atoms with van der Waals surface area (Å²) in [5, 5.41) is 13.3. The third-order valence-corrected chi connectivity index (χ3v) is 4.14. The lowest BCUT2D eigenvalue weighted by molar-refractivity contribution is 0.140. The van der Waals surface area contributed by atoms with Crippen LogP contribution in [0.25, 0.3) is 11.3 Å². The van der Waals surface area contributed by atoms with E-state index in [9.17, 15) is 0 Å². The minimum atomic E-state index is 0.292. The third kappa shape index (κ3) is 3.71. The molecule has 0 saturated carbocycles. The van der Waals surface area contributed by atoms with Crippen LogP contribution in [-0.4, -0.2) is 34.9 Å². The topological polar surface area (TPSA) is 49.5 Å². The molecule has 1 fully saturated rings. The predicted molar refractivity (Wildman–Crippen MR) is 81.6 cm³/mol. The van der Waals surface area contributed by atoms with Gasteiger partial charge in [-0.15, -0.1) is 0 Å². The first-order chi connectivity index (χ1) is 10.3. The molecular weight excluding hydrogens is 264 g/mol. The largest absolute Gasteiger partial charge is 0.396 e. The van der Waals surface area contributed by atoms with Crippen molar-refractivity contribution in [2.75, 3.05) is 19.7 Å². The maximum Gasteiger partial charge on any atom is 0.167 e. The van der Waals surface area contributed by atoms with Crippen LogP contribution in [0, 0.1) is 5.92 Å². The summed E-state index contributed by atoms with van der Waals surface area (Å²) in [6.45, 7) is 3.28. The lowest BCUT2D eigenvalue weighted by atomic mass is 9.95. The summed E-state index contributed by atoms with van der Waals surface area (Å²) in [5.41, 5.74) is 2.05. The molecule has 2 aromatic rings. The van der Waals surface area contributed by atoms with Crippen molar-refractivity contribution in [2.45, 2.75) is 25.8 Å². The standard InChI is InChI=1S/C17H22N2O2/c20-10-8-14-5-4-9-19(12-14)13-16-11-17(21-18-16)15-6-2-1-3-7-15/h1-3,6-7,11,14,20H,4-5,8-10,12-13H2. The van der Waals surface area contributed by atoms with Gasteiger partial charge in [-0.05, 0) is 31.7 Å². The first-order valence-electron chi connectivity index (χ1n) is 7.69. The molecule has 112 valence electrons. The van der Waals surface area contributed by atoms with Gasteiger partial charge in [-0.3, -0.25) is 4.90 Å². The zero-order chi connectivity index (χ0) is 14.5. The lowest BCUT2D eigenvalue weighted by Gasteiger charge is -2.31. The molecule has 0 radical (unpaired) electrons.